The Balaban J connectivity index is 1.35. The second-order valence-corrected chi connectivity index (χ2v) is 7.15. The summed E-state index contributed by atoms with van der Waals surface area (Å²) in [4.78, 5) is 14.2. The van der Waals surface area contributed by atoms with Crippen molar-refractivity contribution < 1.29 is 0 Å². The molecule has 0 atom stereocenters. The normalized spacial score (nSPS) is 19.7. The van der Waals surface area contributed by atoms with Gasteiger partial charge < -0.3 is 14.7 Å². The van der Waals surface area contributed by atoms with Crippen molar-refractivity contribution in [1.29, 1.82) is 0 Å². The van der Waals surface area contributed by atoms with Gasteiger partial charge in [-0.2, -0.15) is 10.1 Å². The molecule has 2 fully saturated rings. The van der Waals surface area contributed by atoms with Crippen LogP contribution in [0.25, 0.3) is 0 Å². The van der Waals surface area contributed by atoms with Crippen molar-refractivity contribution in [3.8, 4) is 0 Å². The molecule has 0 amide bonds. The Morgan fingerprint density at radius 3 is 2.27 bits per heavy atom. The lowest BCUT2D eigenvalue weighted by Gasteiger charge is -2.36. The van der Waals surface area contributed by atoms with Crippen molar-refractivity contribution >= 4 is 11.8 Å². The van der Waals surface area contributed by atoms with E-state index in [1.165, 1.54) is 5.56 Å². The van der Waals surface area contributed by atoms with Gasteiger partial charge in [0.2, 0.25) is 5.95 Å². The summed E-state index contributed by atoms with van der Waals surface area (Å²) < 4.78 is 0. The maximum atomic E-state index is 4.80. The van der Waals surface area contributed by atoms with Gasteiger partial charge in [0.05, 0.1) is 6.20 Å². The molecule has 0 bridgehead atoms. The summed E-state index contributed by atoms with van der Waals surface area (Å²) in [5.74, 6) is 1.72. The zero-order chi connectivity index (χ0) is 17.8. The van der Waals surface area contributed by atoms with E-state index in [2.05, 4.69) is 67.2 Å². The quantitative estimate of drug-likeness (QED) is 0.811. The van der Waals surface area contributed by atoms with E-state index in [0.29, 0.717) is 0 Å². The Hall–Kier alpha value is -2.25. The SMILES string of the molecule is CN1CCN(c2nncc(N3CCN(Cc4ccccc4)CC3)n2)CC1. The van der Waals surface area contributed by atoms with Gasteiger partial charge in [0.15, 0.2) is 5.82 Å². The average Bonchev–Trinajstić information content (AvgIpc) is 2.70. The molecule has 7 heteroatoms. The number of aromatic nitrogens is 3. The highest BCUT2D eigenvalue weighted by molar-refractivity contribution is 5.42. The number of rotatable bonds is 4. The number of hydrogen-bond acceptors (Lipinski definition) is 7. The maximum Gasteiger partial charge on any atom is 0.247 e. The highest BCUT2D eigenvalue weighted by atomic mass is 15.4. The lowest BCUT2D eigenvalue weighted by atomic mass is 10.2. The lowest BCUT2D eigenvalue weighted by molar-refractivity contribution is 0.249. The van der Waals surface area contributed by atoms with Crippen LogP contribution in [0, 0.1) is 0 Å². The summed E-state index contributed by atoms with van der Waals surface area (Å²) in [7, 11) is 2.15. The van der Waals surface area contributed by atoms with Crippen LogP contribution in [0.1, 0.15) is 5.56 Å². The molecule has 1 aromatic heterocycles. The molecule has 0 saturated carbocycles. The predicted octanol–water partition coefficient (Wildman–Crippen LogP) is 0.946. The Morgan fingerprint density at radius 1 is 0.846 bits per heavy atom. The number of nitrogens with zero attached hydrogens (tertiary/aromatic N) is 7. The van der Waals surface area contributed by atoms with Crippen molar-refractivity contribution in [3.05, 3.63) is 42.1 Å². The fourth-order valence-electron chi connectivity index (χ4n) is 3.56. The Kier molecular flexibility index (Phi) is 5.26. The van der Waals surface area contributed by atoms with E-state index in [-0.39, 0.29) is 0 Å². The molecule has 0 unspecified atom stereocenters. The van der Waals surface area contributed by atoms with Gasteiger partial charge in [-0.15, -0.1) is 5.10 Å². The summed E-state index contributed by atoms with van der Waals surface area (Å²) >= 11 is 0. The molecule has 138 valence electrons. The average molecular weight is 353 g/mol. The third kappa shape index (κ3) is 4.11. The van der Waals surface area contributed by atoms with Crippen LogP contribution in [-0.2, 0) is 6.54 Å². The van der Waals surface area contributed by atoms with E-state index in [1.807, 2.05) is 0 Å². The Labute approximate surface area is 155 Å². The Bertz CT molecular complexity index is 692. The molecule has 0 radical (unpaired) electrons. The fourth-order valence-corrected chi connectivity index (χ4v) is 3.56. The van der Waals surface area contributed by atoms with E-state index in [9.17, 15) is 0 Å². The molecule has 4 rings (SSSR count). The van der Waals surface area contributed by atoms with Crippen LogP contribution in [0.3, 0.4) is 0 Å². The van der Waals surface area contributed by atoms with E-state index in [4.69, 9.17) is 4.98 Å². The second-order valence-electron chi connectivity index (χ2n) is 7.15. The Morgan fingerprint density at radius 2 is 1.54 bits per heavy atom. The van der Waals surface area contributed by atoms with Crippen LogP contribution >= 0.6 is 0 Å². The largest absolute Gasteiger partial charge is 0.353 e. The van der Waals surface area contributed by atoms with Crippen molar-refractivity contribution in [2.24, 2.45) is 0 Å². The third-order valence-corrected chi connectivity index (χ3v) is 5.27. The van der Waals surface area contributed by atoms with E-state index in [1.54, 1.807) is 6.20 Å². The smallest absolute Gasteiger partial charge is 0.247 e. The minimum absolute atomic E-state index is 0.766. The van der Waals surface area contributed by atoms with Crippen molar-refractivity contribution in [2.75, 3.05) is 69.2 Å². The van der Waals surface area contributed by atoms with Gasteiger partial charge in [-0.25, -0.2) is 0 Å². The first-order valence-electron chi connectivity index (χ1n) is 9.42. The summed E-state index contributed by atoms with van der Waals surface area (Å²) in [6, 6.07) is 10.7. The molecule has 2 saturated heterocycles. The number of anilines is 2. The number of piperazine rings is 2. The van der Waals surface area contributed by atoms with Gasteiger partial charge in [0, 0.05) is 58.9 Å². The molecule has 7 nitrogen and oxygen atoms in total. The van der Waals surface area contributed by atoms with Crippen LogP contribution in [0.2, 0.25) is 0 Å². The molecule has 0 aliphatic carbocycles. The standard InChI is InChI=1S/C19H27N7/c1-23-7-11-26(12-8-23)19-21-18(15-20-22-19)25-13-9-24(10-14-25)16-17-5-3-2-4-6-17/h2-6,15H,7-14,16H2,1H3. The zero-order valence-corrected chi connectivity index (χ0v) is 15.5. The second kappa shape index (κ2) is 7.97. The van der Waals surface area contributed by atoms with Crippen LogP contribution in [0.15, 0.2) is 36.5 Å². The van der Waals surface area contributed by atoms with E-state index >= 15 is 0 Å². The summed E-state index contributed by atoms with van der Waals surface area (Å²) in [6.45, 7) is 9.09. The molecule has 2 aromatic rings. The van der Waals surface area contributed by atoms with Crippen LogP contribution < -0.4 is 9.80 Å². The highest BCUT2D eigenvalue weighted by Crippen LogP contribution is 2.17. The molecule has 2 aliphatic heterocycles. The van der Waals surface area contributed by atoms with Crippen molar-refractivity contribution in [1.82, 2.24) is 25.0 Å². The molecule has 0 spiro atoms. The molecule has 1 aromatic carbocycles. The topological polar surface area (TPSA) is 51.6 Å². The molecule has 0 N–H and O–H groups in total. The highest BCUT2D eigenvalue weighted by Gasteiger charge is 2.21. The van der Waals surface area contributed by atoms with Crippen LogP contribution in [-0.4, -0.2) is 84.4 Å². The summed E-state index contributed by atoms with van der Waals surface area (Å²) in [5, 5.41) is 8.48. The minimum Gasteiger partial charge on any atom is -0.353 e. The van der Waals surface area contributed by atoms with E-state index in [0.717, 1.165) is 70.7 Å². The number of benzene rings is 1. The molecule has 3 heterocycles. The lowest BCUT2D eigenvalue weighted by Crippen LogP contribution is -2.47. The monoisotopic (exact) mass is 353 g/mol. The maximum absolute atomic E-state index is 4.80. The van der Waals surface area contributed by atoms with Gasteiger partial charge in [-0.3, -0.25) is 4.90 Å². The predicted molar refractivity (Wildman–Crippen MR) is 103 cm³/mol. The van der Waals surface area contributed by atoms with Gasteiger partial charge in [-0.1, -0.05) is 30.3 Å². The first kappa shape index (κ1) is 17.2. The van der Waals surface area contributed by atoms with Crippen LogP contribution in [0.4, 0.5) is 11.8 Å². The summed E-state index contributed by atoms with van der Waals surface area (Å²) in [6.07, 6.45) is 1.80. The number of hydrogen-bond donors (Lipinski definition) is 0. The van der Waals surface area contributed by atoms with Crippen molar-refractivity contribution in [3.63, 3.8) is 0 Å². The molecular weight excluding hydrogens is 326 g/mol. The van der Waals surface area contributed by atoms with Gasteiger partial charge in [0.1, 0.15) is 0 Å². The fraction of sp³-hybridized carbons (Fsp3) is 0.526. The summed E-state index contributed by atoms with van der Waals surface area (Å²) in [5.41, 5.74) is 1.38. The van der Waals surface area contributed by atoms with Gasteiger partial charge in [0.25, 0.3) is 0 Å². The first-order chi connectivity index (χ1) is 12.8. The third-order valence-electron chi connectivity index (χ3n) is 5.27. The van der Waals surface area contributed by atoms with Gasteiger partial charge >= 0.3 is 0 Å². The molecule has 2 aliphatic rings. The zero-order valence-electron chi connectivity index (χ0n) is 15.5. The molecule has 26 heavy (non-hydrogen) atoms. The number of likely N-dealkylation sites (N-methyl/N-ethyl adjacent to an activating group) is 1. The van der Waals surface area contributed by atoms with E-state index < -0.39 is 0 Å². The molecular formula is C19H27N7. The first-order valence-corrected chi connectivity index (χ1v) is 9.42. The van der Waals surface area contributed by atoms with Crippen LogP contribution in [0.5, 0.6) is 0 Å². The van der Waals surface area contributed by atoms with Crippen molar-refractivity contribution in [2.45, 2.75) is 6.54 Å². The van der Waals surface area contributed by atoms with Gasteiger partial charge in [-0.05, 0) is 12.6 Å². The minimum atomic E-state index is 0.766.